The van der Waals surface area contributed by atoms with Crippen molar-refractivity contribution in [1.82, 2.24) is 14.9 Å². The van der Waals surface area contributed by atoms with Crippen LogP contribution in [0, 0.1) is 5.82 Å². The maximum Gasteiger partial charge on any atom is 0.416 e. The molecule has 40 heavy (non-hydrogen) atoms. The first-order chi connectivity index (χ1) is 19.3. The highest BCUT2D eigenvalue weighted by Crippen LogP contribution is 2.38. The number of rotatable bonds is 9. The van der Waals surface area contributed by atoms with Crippen LogP contribution in [0.15, 0.2) is 103 Å². The molecule has 2 heterocycles. The molecule has 0 bridgehead atoms. The van der Waals surface area contributed by atoms with E-state index in [4.69, 9.17) is 0 Å². The predicted molar refractivity (Wildman–Crippen MR) is 146 cm³/mol. The van der Waals surface area contributed by atoms with E-state index in [-0.39, 0.29) is 18.1 Å². The normalized spacial score (nSPS) is 12.4. The Balaban J connectivity index is 1.49. The number of hydrogen-bond acceptors (Lipinski definition) is 2. The molecule has 0 aliphatic rings. The average molecular weight is 546 g/mol. The van der Waals surface area contributed by atoms with E-state index in [0.717, 1.165) is 39.9 Å². The molecule has 8 heteroatoms. The Kier molecular flexibility index (Phi) is 7.96. The van der Waals surface area contributed by atoms with Crippen LogP contribution in [0.5, 0.6) is 0 Å². The number of para-hydroxylation sites is 1. The zero-order valence-corrected chi connectivity index (χ0v) is 21.5. The zero-order valence-electron chi connectivity index (χ0n) is 21.5. The number of carbonyl (C=O) groups excluding carboxylic acids is 1. The van der Waals surface area contributed by atoms with E-state index in [2.05, 4.69) is 10.3 Å². The largest absolute Gasteiger partial charge is 0.416 e. The molecule has 3 aromatic carbocycles. The second kappa shape index (κ2) is 11.7. The lowest BCUT2D eigenvalue weighted by Gasteiger charge is -2.19. The Bertz CT molecular complexity index is 1590. The van der Waals surface area contributed by atoms with Crippen LogP contribution in [0.2, 0.25) is 0 Å². The van der Waals surface area contributed by atoms with Crippen LogP contribution in [-0.2, 0) is 23.9 Å². The first-order valence-corrected chi connectivity index (χ1v) is 12.9. The predicted octanol–water partition coefficient (Wildman–Crippen LogP) is 7.12. The van der Waals surface area contributed by atoms with Gasteiger partial charge in [-0.15, -0.1) is 0 Å². The monoisotopic (exact) mass is 545 g/mol. The van der Waals surface area contributed by atoms with Crippen LogP contribution >= 0.6 is 0 Å². The van der Waals surface area contributed by atoms with Crippen LogP contribution in [-0.4, -0.2) is 22.0 Å². The van der Waals surface area contributed by atoms with Gasteiger partial charge in [-0.25, -0.2) is 4.39 Å². The molecule has 5 aromatic rings. The van der Waals surface area contributed by atoms with Crippen molar-refractivity contribution in [3.8, 4) is 0 Å². The molecular weight excluding hydrogens is 518 g/mol. The minimum atomic E-state index is -4.51. The lowest BCUT2D eigenvalue weighted by Crippen LogP contribution is -2.27. The Morgan fingerprint density at radius 2 is 1.70 bits per heavy atom. The van der Waals surface area contributed by atoms with Crippen molar-refractivity contribution < 1.29 is 22.4 Å². The minimum Gasteiger partial charge on any atom is -0.356 e. The Morgan fingerprint density at radius 3 is 2.45 bits per heavy atom. The van der Waals surface area contributed by atoms with Crippen LogP contribution in [0.4, 0.5) is 17.6 Å². The van der Waals surface area contributed by atoms with Gasteiger partial charge in [0.25, 0.3) is 0 Å². The highest BCUT2D eigenvalue weighted by Gasteiger charge is 2.32. The Morgan fingerprint density at radius 1 is 0.925 bits per heavy atom. The number of carbonyl (C=O) groups is 1. The maximum absolute atomic E-state index is 13.6. The van der Waals surface area contributed by atoms with Gasteiger partial charge in [-0.05, 0) is 53.1 Å². The summed E-state index contributed by atoms with van der Waals surface area (Å²) in [4.78, 5) is 17.4. The average Bonchev–Trinajstić information content (AvgIpc) is 3.31. The summed E-state index contributed by atoms with van der Waals surface area (Å²) in [5.74, 6) is -1.23. The van der Waals surface area contributed by atoms with E-state index in [9.17, 15) is 22.4 Å². The summed E-state index contributed by atoms with van der Waals surface area (Å²) in [6, 6.07) is 24.5. The summed E-state index contributed by atoms with van der Waals surface area (Å²) < 4.78 is 56.4. The standard InChI is InChI=1S/C32H27F4N3O/c33-25-13-11-22(12-14-25)20-39-21-29(27-9-1-2-10-30(27)39)28(23-6-5-7-24(18-23)32(34,35)36)19-31(40)38-17-15-26-8-3-4-16-37-26/h1-14,16,18,21,28H,15,17,19-20H2,(H,38,40). The third-order valence-corrected chi connectivity index (χ3v) is 6.90. The fourth-order valence-electron chi connectivity index (χ4n) is 4.94. The van der Waals surface area contributed by atoms with Crippen LogP contribution in [0.25, 0.3) is 10.9 Å². The zero-order chi connectivity index (χ0) is 28.1. The van der Waals surface area contributed by atoms with Gasteiger partial charge < -0.3 is 9.88 Å². The van der Waals surface area contributed by atoms with Crippen LogP contribution in [0.1, 0.15) is 40.3 Å². The lowest BCUT2D eigenvalue weighted by atomic mass is 9.87. The van der Waals surface area contributed by atoms with E-state index in [1.54, 1.807) is 24.4 Å². The van der Waals surface area contributed by atoms with E-state index < -0.39 is 17.7 Å². The SMILES string of the molecule is O=C(CC(c1cccc(C(F)(F)F)c1)c1cn(Cc2ccc(F)cc2)c2ccccc12)NCCc1ccccn1. The number of amides is 1. The molecule has 0 saturated carbocycles. The number of nitrogens with zero attached hydrogens (tertiary/aromatic N) is 2. The number of hydrogen-bond donors (Lipinski definition) is 1. The van der Waals surface area contributed by atoms with Crippen molar-refractivity contribution in [2.45, 2.75) is 31.5 Å². The lowest BCUT2D eigenvalue weighted by molar-refractivity contribution is -0.137. The van der Waals surface area contributed by atoms with Gasteiger partial charge in [0.05, 0.1) is 5.56 Å². The number of nitrogens with one attached hydrogen (secondary N) is 1. The highest BCUT2D eigenvalue weighted by molar-refractivity contribution is 5.87. The number of fused-ring (bicyclic) bond motifs is 1. The number of alkyl halides is 3. The molecule has 4 nitrogen and oxygen atoms in total. The molecular formula is C32H27F4N3O. The number of pyridine rings is 1. The van der Waals surface area contributed by atoms with E-state index in [1.165, 1.54) is 18.2 Å². The topological polar surface area (TPSA) is 46.9 Å². The van der Waals surface area contributed by atoms with Crippen molar-refractivity contribution in [2.24, 2.45) is 0 Å². The second-order valence-corrected chi connectivity index (χ2v) is 9.66. The van der Waals surface area contributed by atoms with Gasteiger partial charge in [-0.3, -0.25) is 9.78 Å². The fraction of sp³-hybridized carbons (Fsp3) is 0.188. The molecule has 1 atom stereocenters. The molecule has 0 fully saturated rings. The second-order valence-electron chi connectivity index (χ2n) is 9.66. The summed E-state index contributed by atoms with van der Waals surface area (Å²) in [6.07, 6.45) is -0.434. The quantitative estimate of drug-likeness (QED) is 0.201. The molecule has 2 aromatic heterocycles. The number of aromatic nitrogens is 2. The molecule has 0 aliphatic carbocycles. The smallest absolute Gasteiger partial charge is 0.356 e. The Hall–Kier alpha value is -4.46. The van der Waals surface area contributed by atoms with Crippen molar-refractivity contribution in [1.29, 1.82) is 0 Å². The molecule has 1 unspecified atom stereocenters. The number of halogens is 4. The summed E-state index contributed by atoms with van der Waals surface area (Å²) in [7, 11) is 0. The minimum absolute atomic E-state index is 0.0336. The van der Waals surface area contributed by atoms with Gasteiger partial charge in [0.1, 0.15) is 5.82 Å². The molecule has 0 saturated heterocycles. The van der Waals surface area contributed by atoms with Gasteiger partial charge in [0.15, 0.2) is 0 Å². The van der Waals surface area contributed by atoms with Gasteiger partial charge >= 0.3 is 6.18 Å². The third kappa shape index (κ3) is 6.39. The summed E-state index contributed by atoms with van der Waals surface area (Å²) in [5, 5.41) is 3.74. The van der Waals surface area contributed by atoms with Crippen LogP contribution < -0.4 is 5.32 Å². The molecule has 1 N–H and O–H groups in total. The molecule has 0 spiro atoms. The van der Waals surface area contributed by atoms with Crippen molar-refractivity contribution in [3.05, 3.63) is 137 Å². The molecule has 5 rings (SSSR count). The van der Waals surface area contributed by atoms with Crippen LogP contribution in [0.3, 0.4) is 0 Å². The number of benzene rings is 3. The third-order valence-electron chi connectivity index (χ3n) is 6.90. The summed E-state index contributed by atoms with van der Waals surface area (Å²) >= 11 is 0. The summed E-state index contributed by atoms with van der Waals surface area (Å²) in [6.45, 7) is 0.795. The van der Waals surface area contributed by atoms with Crippen molar-refractivity contribution in [3.63, 3.8) is 0 Å². The van der Waals surface area contributed by atoms with E-state index in [0.29, 0.717) is 25.1 Å². The van der Waals surface area contributed by atoms with Gasteiger partial charge in [-0.1, -0.05) is 54.6 Å². The molecule has 0 aliphatic heterocycles. The van der Waals surface area contributed by atoms with E-state index in [1.807, 2.05) is 53.2 Å². The maximum atomic E-state index is 13.6. The van der Waals surface area contributed by atoms with E-state index >= 15 is 0 Å². The molecule has 204 valence electrons. The fourth-order valence-corrected chi connectivity index (χ4v) is 4.94. The van der Waals surface area contributed by atoms with Gasteiger partial charge in [-0.2, -0.15) is 13.2 Å². The molecule has 0 radical (unpaired) electrons. The van der Waals surface area contributed by atoms with Crippen molar-refractivity contribution >= 4 is 16.8 Å². The Labute approximate surface area is 229 Å². The van der Waals surface area contributed by atoms with Gasteiger partial charge in [0.2, 0.25) is 5.91 Å². The van der Waals surface area contributed by atoms with Crippen molar-refractivity contribution in [2.75, 3.05) is 6.54 Å². The highest BCUT2D eigenvalue weighted by atomic mass is 19.4. The summed E-state index contributed by atoms with van der Waals surface area (Å²) in [5.41, 5.74) is 2.96. The van der Waals surface area contributed by atoms with Gasteiger partial charge in [0, 0.05) is 60.8 Å². The molecule has 1 amide bonds. The first kappa shape index (κ1) is 27.1. The first-order valence-electron chi connectivity index (χ1n) is 12.9.